The molecule has 2 amide bonds. The molecule has 5 nitrogen and oxygen atoms in total. The van der Waals surface area contributed by atoms with Gasteiger partial charge in [-0.3, -0.25) is 9.59 Å². The summed E-state index contributed by atoms with van der Waals surface area (Å²) < 4.78 is 0. The summed E-state index contributed by atoms with van der Waals surface area (Å²) in [5, 5.41) is 2.92. The summed E-state index contributed by atoms with van der Waals surface area (Å²) >= 11 is 5.88. The van der Waals surface area contributed by atoms with Crippen LogP contribution in [-0.2, 0) is 4.79 Å². The molecule has 0 aliphatic heterocycles. The molecular weight excluding hydrogens is 242 g/mol. The van der Waals surface area contributed by atoms with Crippen LogP contribution in [0.2, 0.25) is 5.02 Å². The molecule has 0 fully saturated rings. The number of benzene rings is 1. The fourth-order valence-corrected chi connectivity index (χ4v) is 1.43. The molecule has 17 heavy (non-hydrogen) atoms. The summed E-state index contributed by atoms with van der Waals surface area (Å²) in [6.07, 6.45) is 0.178. The maximum absolute atomic E-state index is 11.5. The molecule has 0 bridgehead atoms. The number of carbonyl (C=O) groups excluding carboxylic acids is 2. The first-order valence-electron chi connectivity index (χ1n) is 5.05. The van der Waals surface area contributed by atoms with Gasteiger partial charge in [-0.15, -0.1) is 0 Å². The van der Waals surface area contributed by atoms with E-state index in [1.165, 1.54) is 18.2 Å². The summed E-state index contributed by atoms with van der Waals surface area (Å²) in [6.45, 7) is 1.72. The van der Waals surface area contributed by atoms with Crippen LogP contribution in [-0.4, -0.2) is 17.9 Å². The zero-order valence-electron chi connectivity index (χ0n) is 9.37. The molecule has 0 radical (unpaired) electrons. The smallest absolute Gasteiger partial charge is 0.248 e. The molecule has 0 aromatic heterocycles. The first kappa shape index (κ1) is 13.5. The molecule has 0 saturated heterocycles. The maximum atomic E-state index is 11.5. The highest BCUT2D eigenvalue weighted by Crippen LogP contribution is 2.23. The topological polar surface area (TPSA) is 98.2 Å². The Hall–Kier alpha value is -1.59. The molecule has 1 atom stereocenters. The molecule has 1 aromatic rings. The van der Waals surface area contributed by atoms with E-state index in [-0.39, 0.29) is 23.9 Å². The predicted octanol–water partition coefficient (Wildman–Crippen LogP) is 1.11. The minimum absolute atomic E-state index is 0.178. The minimum atomic E-state index is -0.579. The number of hydrogen-bond donors (Lipinski definition) is 3. The highest BCUT2D eigenvalue weighted by molar-refractivity contribution is 6.33. The van der Waals surface area contributed by atoms with Crippen molar-refractivity contribution in [2.24, 2.45) is 11.5 Å². The van der Waals surface area contributed by atoms with Crippen molar-refractivity contribution in [2.75, 3.05) is 5.32 Å². The van der Waals surface area contributed by atoms with E-state index in [1.807, 2.05) is 0 Å². The van der Waals surface area contributed by atoms with Crippen LogP contribution >= 0.6 is 11.6 Å². The normalized spacial score (nSPS) is 11.9. The Morgan fingerprint density at radius 2 is 2.12 bits per heavy atom. The number of nitrogens with one attached hydrogen (secondary N) is 1. The number of hydrogen-bond acceptors (Lipinski definition) is 3. The van der Waals surface area contributed by atoms with E-state index in [0.717, 1.165) is 0 Å². The van der Waals surface area contributed by atoms with Crippen molar-refractivity contribution in [1.29, 1.82) is 0 Å². The number of primary amides is 1. The Kier molecular flexibility index (Phi) is 4.48. The van der Waals surface area contributed by atoms with Crippen molar-refractivity contribution < 1.29 is 9.59 Å². The highest BCUT2D eigenvalue weighted by Gasteiger charge is 2.10. The van der Waals surface area contributed by atoms with Gasteiger partial charge in [0.1, 0.15) is 0 Å². The van der Waals surface area contributed by atoms with Crippen LogP contribution < -0.4 is 16.8 Å². The Bertz CT molecular complexity index is 446. The molecule has 0 saturated carbocycles. The third kappa shape index (κ3) is 4.05. The number of halogens is 1. The minimum Gasteiger partial charge on any atom is -0.366 e. The molecule has 1 unspecified atom stereocenters. The quantitative estimate of drug-likeness (QED) is 0.752. The van der Waals surface area contributed by atoms with Crippen molar-refractivity contribution in [2.45, 2.75) is 19.4 Å². The molecule has 0 aliphatic carbocycles. The van der Waals surface area contributed by atoms with E-state index in [9.17, 15) is 9.59 Å². The van der Waals surface area contributed by atoms with E-state index in [1.54, 1.807) is 6.92 Å². The van der Waals surface area contributed by atoms with Gasteiger partial charge >= 0.3 is 0 Å². The molecule has 92 valence electrons. The maximum Gasteiger partial charge on any atom is 0.248 e. The van der Waals surface area contributed by atoms with Crippen LogP contribution in [0.5, 0.6) is 0 Å². The van der Waals surface area contributed by atoms with E-state index < -0.39 is 5.91 Å². The molecule has 6 heteroatoms. The van der Waals surface area contributed by atoms with Gasteiger partial charge in [-0.1, -0.05) is 11.6 Å². The van der Waals surface area contributed by atoms with Gasteiger partial charge in [-0.25, -0.2) is 0 Å². The SMILES string of the molecule is CC(N)CC(=O)Nc1cc(C(N)=O)ccc1Cl. The Balaban J connectivity index is 2.86. The molecule has 0 aliphatic rings. The van der Waals surface area contributed by atoms with Gasteiger partial charge < -0.3 is 16.8 Å². The lowest BCUT2D eigenvalue weighted by Crippen LogP contribution is -2.24. The lowest BCUT2D eigenvalue weighted by Gasteiger charge is -2.09. The predicted molar refractivity (Wildman–Crippen MR) is 66.9 cm³/mol. The second-order valence-corrected chi connectivity index (χ2v) is 4.20. The van der Waals surface area contributed by atoms with E-state index >= 15 is 0 Å². The fourth-order valence-electron chi connectivity index (χ4n) is 1.27. The molecule has 1 aromatic carbocycles. The van der Waals surface area contributed by atoms with Gasteiger partial charge in [-0.2, -0.15) is 0 Å². The average molecular weight is 256 g/mol. The first-order chi connectivity index (χ1) is 7.90. The van der Waals surface area contributed by atoms with Crippen LogP contribution in [0.3, 0.4) is 0 Å². The van der Waals surface area contributed by atoms with Crippen LogP contribution in [0.4, 0.5) is 5.69 Å². The fraction of sp³-hybridized carbons (Fsp3) is 0.273. The van der Waals surface area contributed by atoms with E-state index in [0.29, 0.717) is 10.7 Å². The standard InChI is InChI=1S/C11H14ClN3O2/c1-6(13)4-10(16)15-9-5-7(11(14)17)2-3-8(9)12/h2-3,5-6H,4,13H2,1H3,(H2,14,17)(H,15,16). The largest absolute Gasteiger partial charge is 0.366 e. The zero-order chi connectivity index (χ0) is 13.0. The summed E-state index contributed by atoms with van der Waals surface area (Å²) in [4.78, 5) is 22.5. The van der Waals surface area contributed by atoms with Crippen molar-refractivity contribution in [3.63, 3.8) is 0 Å². The van der Waals surface area contributed by atoms with E-state index in [4.69, 9.17) is 23.1 Å². The molecule has 0 heterocycles. The van der Waals surface area contributed by atoms with Crippen LogP contribution in [0.1, 0.15) is 23.7 Å². The number of carbonyl (C=O) groups is 2. The second-order valence-electron chi connectivity index (χ2n) is 3.79. The van der Waals surface area contributed by atoms with Crippen molar-refractivity contribution in [3.05, 3.63) is 28.8 Å². The van der Waals surface area contributed by atoms with Gasteiger partial charge in [0.15, 0.2) is 0 Å². The Morgan fingerprint density at radius 1 is 1.47 bits per heavy atom. The number of anilines is 1. The molecule has 5 N–H and O–H groups in total. The van der Waals surface area contributed by atoms with Gasteiger partial charge in [0, 0.05) is 18.0 Å². The highest BCUT2D eigenvalue weighted by atomic mass is 35.5. The third-order valence-corrected chi connectivity index (χ3v) is 2.36. The van der Waals surface area contributed by atoms with Crippen molar-refractivity contribution in [3.8, 4) is 0 Å². The van der Waals surface area contributed by atoms with E-state index in [2.05, 4.69) is 5.32 Å². The second kappa shape index (κ2) is 5.65. The summed E-state index contributed by atoms with van der Waals surface area (Å²) in [5.41, 5.74) is 11.3. The molecular formula is C11H14ClN3O2. The first-order valence-corrected chi connectivity index (χ1v) is 5.42. The third-order valence-electron chi connectivity index (χ3n) is 2.03. The number of amides is 2. The monoisotopic (exact) mass is 255 g/mol. The Labute approximate surface area is 104 Å². The molecule has 1 rings (SSSR count). The Morgan fingerprint density at radius 3 is 2.65 bits per heavy atom. The lowest BCUT2D eigenvalue weighted by atomic mass is 10.2. The van der Waals surface area contributed by atoms with Crippen molar-refractivity contribution >= 4 is 29.1 Å². The van der Waals surface area contributed by atoms with Crippen LogP contribution in [0, 0.1) is 0 Å². The summed E-state index contributed by atoms with van der Waals surface area (Å²) in [6, 6.07) is 4.19. The van der Waals surface area contributed by atoms with Gasteiger partial charge in [-0.05, 0) is 25.1 Å². The number of rotatable bonds is 4. The summed E-state index contributed by atoms with van der Waals surface area (Å²) in [5.74, 6) is -0.840. The van der Waals surface area contributed by atoms with Gasteiger partial charge in [0.25, 0.3) is 0 Å². The zero-order valence-corrected chi connectivity index (χ0v) is 10.1. The van der Waals surface area contributed by atoms with Gasteiger partial charge in [0.05, 0.1) is 10.7 Å². The van der Waals surface area contributed by atoms with Crippen molar-refractivity contribution in [1.82, 2.24) is 0 Å². The van der Waals surface area contributed by atoms with Gasteiger partial charge in [0.2, 0.25) is 11.8 Å². The molecule has 0 spiro atoms. The number of nitrogens with two attached hydrogens (primary N) is 2. The average Bonchev–Trinajstić information content (AvgIpc) is 2.19. The lowest BCUT2D eigenvalue weighted by molar-refractivity contribution is -0.116. The van der Waals surface area contributed by atoms with Crippen LogP contribution in [0.25, 0.3) is 0 Å². The summed E-state index contributed by atoms with van der Waals surface area (Å²) in [7, 11) is 0. The van der Waals surface area contributed by atoms with Crippen LogP contribution in [0.15, 0.2) is 18.2 Å².